The molecule has 0 atom stereocenters. The van der Waals surface area contributed by atoms with Crippen LogP contribution in [0.15, 0.2) is 36.5 Å². The summed E-state index contributed by atoms with van der Waals surface area (Å²) in [4.78, 5) is 25.1. The van der Waals surface area contributed by atoms with E-state index in [2.05, 4.69) is 25.6 Å². The van der Waals surface area contributed by atoms with E-state index in [1.165, 1.54) is 0 Å². The third kappa shape index (κ3) is 3.42. The highest BCUT2D eigenvalue weighted by atomic mass is 16.2. The Labute approximate surface area is 134 Å². The fourth-order valence-corrected chi connectivity index (χ4v) is 2.13. The number of aryl methyl sites for hydroxylation is 3. The van der Waals surface area contributed by atoms with Gasteiger partial charge in [0.1, 0.15) is 5.82 Å². The topological polar surface area (TPSA) is 79.8 Å². The molecule has 2 aromatic heterocycles. The monoisotopic (exact) mass is 307 g/mol. The molecule has 0 aliphatic carbocycles. The fourth-order valence-electron chi connectivity index (χ4n) is 2.13. The smallest absolute Gasteiger partial charge is 0.308 e. The Morgan fingerprint density at radius 1 is 0.913 bits per heavy atom. The molecule has 6 nitrogen and oxygen atoms in total. The summed E-state index contributed by atoms with van der Waals surface area (Å²) in [5.74, 6) is 0.500. The highest BCUT2D eigenvalue weighted by Gasteiger charge is 2.06. The van der Waals surface area contributed by atoms with Crippen molar-refractivity contribution in [2.24, 2.45) is 0 Å². The van der Waals surface area contributed by atoms with Gasteiger partial charge in [-0.3, -0.25) is 5.32 Å². The summed E-state index contributed by atoms with van der Waals surface area (Å²) >= 11 is 0. The van der Waals surface area contributed by atoms with Crippen molar-refractivity contribution in [3.05, 3.63) is 53.5 Å². The van der Waals surface area contributed by atoms with Crippen molar-refractivity contribution in [1.29, 1.82) is 0 Å². The molecule has 0 fully saturated rings. The van der Waals surface area contributed by atoms with Crippen molar-refractivity contribution < 1.29 is 4.79 Å². The predicted octanol–water partition coefficient (Wildman–Crippen LogP) is 3.59. The van der Waals surface area contributed by atoms with Crippen LogP contribution in [-0.4, -0.2) is 21.0 Å². The molecule has 0 saturated carbocycles. The number of benzene rings is 1. The van der Waals surface area contributed by atoms with Gasteiger partial charge < -0.3 is 5.32 Å². The Balaban J connectivity index is 1.76. The number of amides is 2. The van der Waals surface area contributed by atoms with E-state index in [1.54, 1.807) is 24.4 Å². The lowest BCUT2D eigenvalue weighted by molar-refractivity contribution is 0.262. The number of aromatic nitrogens is 3. The number of hydrogen-bond donors (Lipinski definition) is 2. The molecular weight excluding hydrogens is 290 g/mol. The number of anilines is 2. The molecule has 2 heterocycles. The maximum atomic E-state index is 12.0. The number of rotatable bonds is 2. The molecule has 2 amide bonds. The predicted molar refractivity (Wildman–Crippen MR) is 90.6 cm³/mol. The second-order valence-electron chi connectivity index (χ2n) is 5.40. The molecule has 0 aliphatic rings. The van der Waals surface area contributed by atoms with E-state index in [9.17, 15) is 4.79 Å². The van der Waals surface area contributed by atoms with Gasteiger partial charge in [0.25, 0.3) is 0 Å². The highest BCUT2D eigenvalue weighted by Crippen LogP contribution is 2.17. The van der Waals surface area contributed by atoms with Crippen molar-refractivity contribution in [3.8, 4) is 0 Å². The van der Waals surface area contributed by atoms with Crippen LogP contribution in [0.4, 0.5) is 16.3 Å². The second kappa shape index (κ2) is 6.00. The molecule has 0 bridgehead atoms. The number of urea groups is 1. The van der Waals surface area contributed by atoms with E-state index in [0.29, 0.717) is 11.5 Å². The zero-order valence-electron chi connectivity index (χ0n) is 13.2. The van der Waals surface area contributed by atoms with Crippen LogP contribution in [0, 0.1) is 20.8 Å². The maximum Gasteiger partial charge on any atom is 0.324 e. The van der Waals surface area contributed by atoms with E-state index in [-0.39, 0.29) is 6.03 Å². The van der Waals surface area contributed by atoms with Crippen molar-refractivity contribution in [2.45, 2.75) is 20.8 Å². The first kappa shape index (κ1) is 14.9. The summed E-state index contributed by atoms with van der Waals surface area (Å²) < 4.78 is 0. The Morgan fingerprint density at radius 2 is 1.65 bits per heavy atom. The van der Waals surface area contributed by atoms with Crippen molar-refractivity contribution in [3.63, 3.8) is 0 Å². The maximum absolute atomic E-state index is 12.0. The molecule has 116 valence electrons. The second-order valence-corrected chi connectivity index (χ2v) is 5.40. The molecule has 3 rings (SSSR count). The number of pyridine rings is 1. The number of carbonyl (C=O) groups is 1. The van der Waals surface area contributed by atoms with E-state index in [0.717, 1.165) is 28.0 Å². The minimum atomic E-state index is -0.350. The molecule has 2 N–H and O–H groups in total. The van der Waals surface area contributed by atoms with Crippen LogP contribution in [0.3, 0.4) is 0 Å². The number of carbonyl (C=O) groups excluding carboxylic acids is 1. The summed E-state index contributed by atoms with van der Waals surface area (Å²) in [5, 5.41) is 5.46. The number of fused-ring (bicyclic) bond motifs is 1. The zero-order chi connectivity index (χ0) is 16.4. The van der Waals surface area contributed by atoms with Crippen LogP contribution in [0.2, 0.25) is 0 Å². The van der Waals surface area contributed by atoms with Crippen LogP contribution >= 0.6 is 0 Å². The molecule has 3 aromatic rings. The quantitative estimate of drug-likeness (QED) is 0.758. The largest absolute Gasteiger partial charge is 0.324 e. The Morgan fingerprint density at radius 3 is 2.35 bits per heavy atom. The molecule has 1 aromatic carbocycles. The molecule has 0 radical (unpaired) electrons. The Bertz CT molecular complexity index is 874. The standard InChI is InChI=1S/C17H17N5O/c1-10-4-7-16(18-9-10)22-17(23)21-13-5-6-14-15(8-13)20-12(3)11(2)19-14/h4-9H,1-3H3,(H2,18,21,22,23). The van der Waals surface area contributed by atoms with Gasteiger partial charge in [-0.1, -0.05) is 6.07 Å². The number of nitrogens with one attached hydrogen (secondary N) is 2. The van der Waals surface area contributed by atoms with Crippen molar-refractivity contribution in [2.75, 3.05) is 10.6 Å². The van der Waals surface area contributed by atoms with Crippen LogP contribution in [0.25, 0.3) is 11.0 Å². The van der Waals surface area contributed by atoms with Gasteiger partial charge in [0.15, 0.2) is 0 Å². The van der Waals surface area contributed by atoms with E-state index < -0.39 is 0 Å². The fraction of sp³-hybridized carbons (Fsp3) is 0.176. The van der Waals surface area contributed by atoms with Crippen LogP contribution in [-0.2, 0) is 0 Å². The summed E-state index contributed by atoms with van der Waals surface area (Å²) in [7, 11) is 0. The van der Waals surface area contributed by atoms with Crippen LogP contribution < -0.4 is 10.6 Å². The van der Waals surface area contributed by atoms with Gasteiger partial charge in [-0.05, 0) is 50.6 Å². The van der Waals surface area contributed by atoms with Gasteiger partial charge >= 0.3 is 6.03 Å². The molecule has 0 unspecified atom stereocenters. The first-order chi connectivity index (χ1) is 11.0. The van der Waals surface area contributed by atoms with E-state index in [4.69, 9.17) is 0 Å². The molecule has 0 aliphatic heterocycles. The van der Waals surface area contributed by atoms with Gasteiger partial charge in [0.05, 0.1) is 22.4 Å². The number of hydrogen-bond acceptors (Lipinski definition) is 4. The minimum Gasteiger partial charge on any atom is -0.308 e. The summed E-state index contributed by atoms with van der Waals surface area (Å²) in [5.41, 5.74) is 5.03. The molecule has 0 spiro atoms. The molecular formula is C17H17N5O. The lowest BCUT2D eigenvalue weighted by atomic mass is 10.2. The Hall–Kier alpha value is -3.02. The van der Waals surface area contributed by atoms with E-state index in [1.807, 2.05) is 32.9 Å². The first-order valence-electron chi connectivity index (χ1n) is 7.27. The highest BCUT2D eigenvalue weighted by molar-refractivity contribution is 6.00. The SMILES string of the molecule is Cc1ccc(NC(=O)Nc2ccc3nc(C)c(C)nc3c2)nc1. The third-order valence-corrected chi connectivity index (χ3v) is 3.49. The molecule has 6 heteroatoms. The van der Waals surface area contributed by atoms with Gasteiger partial charge in [-0.2, -0.15) is 0 Å². The molecule has 23 heavy (non-hydrogen) atoms. The molecule has 0 saturated heterocycles. The minimum absolute atomic E-state index is 0.350. The normalized spacial score (nSPS) is 10.6. The van der Waals surface area contributed by atoms with E-state index >= 15 is 0 Å². The summed E-state index contributed by atoms with van der Waals surface area (Å²) in [6.07, 6.45) is 1.70. The van der Waals surface area contributed by atoms with Crippen molar-refractivity contribution in [1.82, 2.24) is 15.0 Å². The van der Waals surface area contributed by atoms with Gasteiger partial charge in [0.2, 0.25) is 0 Å². The summed E-state index contributed by atoms with van der Waals surface area (Å²) in [6.45, 7) is 5.78. The zero-order valence-corrected chi connectivity index (χ0v) is 13.2. The average molecular weight is 307 g/mol. The van der Waals surface area contributed by atoms with Crippen molar-refractivity contribution >= 4 is 28.6 Å². The lowest BCUT2D eigenvalue weighted by Crippen LogP contribution is -2.20. The van der Waals surface area contributed by atoms with Gasteiger partial charge in [-0.25, -0.2) is 19.7 Å². The average Bonchev–Trinajstić information content (AvgIpc) is 2.51. The third-order valence-electron chi connectivity index (χ3n) is 3.49. The van der Waals surface area contributed by atoms with Crippen LogP contribution in [0.5, 0.6) is 0 Å². The summed E-state index contributed by atoms with van der Waals surface area (Å²) in [6, 6.07) is 8.74. The van der Waals surface area contributed by atoms with Gasteiger partial charge in [0, 0.05) is 11.9 Å². The lowest BCUT2D eigenvalue weighted by Gasteiger charge is -2.08. The number of nitrogens with zero attached hydrogens (tertiary/aromatic N) is 3. The first-order valence-corrected chi connectivity index (χ1v) is 7.27. The Kier molecular flexibility index (Phi) is 3.89. The van der Waals surface area contributed by atoms with Crippen LogP contribution in [0.1, 0.15) is 17.0 Å². The van der Waals surface area contributed by atoms with Gasteiger partial charge in [-0.15, -0.1) is 0 Å².